The molecule has 266 valence electrons. The van der Waals surface area contributed by atoms with Crippen molar-refractivity contribution in [1.29, 1.82) is 0 Å². The summed E-state index contributed by atoms with van der Waals surface area (Å²) in [6.45, 7) is -0.0284. The predicted octanol–water partition coefficient (Wildman–Crippen LogP) is 11.0. The zero-order valence-corrected chi connectivity index (χ0v) is 30.8. The first-order valence-electron chi connectivity index (χ1n) is 19.4. The summed E-state index contributed by atoms with van der Waals surface area (Å²) in [5, 5.41) is 0. The summed E-state index contributed by atoms with van der Waals surface area (Å²) in [6.07, 6.45) is 3.56. The molecule has 8 aromatic carbocycles. The second-order valence-corrected chi connectivity index (χ2v) is 14.6. The van der Waals surface area contributed by atoms with Gasteiger partial charge in [-0.25, -0.2) is 0 Å². The molecule has 9 aromatic rings. The van der Waals surface area contributed by atoms with Crippen molar-refractivity contribution in [3.05, 3.63) is 200 Å². The minimum Gasteiger partial charge on any atom is -0.311 e. The normalized spacial score (nSPS) is 13.4. The highest BCUT2D eigenvalue weighted by atomic mass is 15.3. The van der Waals surface area contributed by atoms with Gasteiger partial charge in [-0.15, -0.1) is 0 Å². The quantitative estimate of drug-likeness (QED) is 0.168. The maximum atomic E-state index is 4.98. The van der Waals surface area contributed by atoms with Crippen LogP contribution in [0.4, 0.5) is 68.2 Å². The Morgan fingerprint density at radius 2 is 0.807 bits per heavy atom. The van der Waals surface area contributed by atoms with Gasteiger partial charge in [0.25, 0.3) is 6.71 Å². The second-order valence-electron chi connectivity index (χ2n) is 14.6. The molecule has 57 heavy (non-hydrogen) atoms. The Labute approximate surface area is 331 Å². The third-order valence-corrected chi connectivity index (χ3v) is 11.6. The van der Waals surface area contributed by atoms with Gasteiger partial charge >= 0.3 is 0 Å². The summed E-state index contributed by atoms with van der Waals surface area (Å²) in [6, 6.07) is 67.9. The zero-order chi connectivity index (χ0) is 37.5. The Bertz CT molecular complexity index is 2990. The highest BCUT2D eigenvalue weighted by Crippen LogP contribution is 2.61. The highest BCUT2D eigenvalue weighted by molar-refractivity contribution is 7.00. The third-order valence-electron chi connectivity index (χ3n) is 11.6. The monoisotopic (exact) mass is 728 g/mol. The van der Waals surface area contributed by atoms with Crippen LogP contribution in [0.2, 0.25) is 0 Å². The maximum absolute atomic E-state index is 4.98. The van der Waals surface area contributed by atoms with Gasteiger partial charge in [0.2, 0.25) is 0 Å². The molecule has 0 spiro atoms. The van der Waals surface area contributed by atoms with Crippen LogP contribution >= 0.6 is 0 Å². The van der Waals surface area contributed by atoms with Gasteiger partial charge in [-0.3, -0.25) is 9.97 Å². The van der Waals surface area contributed by atoms with E-state index in [0.29, 0.717) is 0 Å². The van der Waals surface area contributed by atoms with Gasteiger partial charge in [0.15, 0.2) is 0 Å². The van der Waals surface area contributed by atoms with Crippen molar-refractivity contribution in [3.8, 4) is 0 Å². The number of benzene rings is 8. The first-order valence-corrected chi connectivity index (χ1v) is 19.4. The van der Waals surface area contributed by atoms with E-state index in [0.717, 1.165) is 73.6 Å². The van der Waals surface area contributed by atoms with Crippen LogP contribution in [0.15, 0.2) is 200 Å². The minimum atomic E-state index is -0.0284. The third kappa shape index (κ3) is 4.60. The molecule has 0 unspecified atom stereocenters. The van der Waals surface area contributed by atoms with Gasteiger partial charge in [0, 0.05) is 46.5 Å². The predicted molar refractivity (Wildman–Crippen MR) is 236 cm³/mol. The zero-order valence-electron chi connectivity index (χ0n) is 30.8. The van der Waals surface area contributed by atoms with Crippen molar-refractivity contribution in [3.63, 3.8) is 0 Å². The molecule has 3 aliphatic heterocycles. The van der Waals surface area contributed by atoms with E-state index in [1.807, 2.05) is 6.07 Å². The van der Waals surface area contributed by atoms with E-state index in [9.17, 15) is 0 Å². The molecule has 0 N–H and O–H groups in total. The molecular formula is C50H33BN6. The van der Waals surface area contributed by atoms with Crippen molar-refractivity contribution in [2.45, 2.75) is 0 Å². The van der Waals surface area contributed by atoms with Gasteiger partial charge in [-0.2, -0.15) is 0 Å². The van der Waals surface area contributed by atoms with Crippen molar-refractivity contribution in [2.24, 2.45) is 0 Å². The van der Waals surface area contributed by atoms with Gasteiger partial charge in [-0.1, -0.05) is 109 Å². The Hall–Kier alpha value is -7.64. The molecule has 12 rings (SSSR count). The van der Waals surface area contributed by atoms with E-state index in [2.05, 4.69) is 202 Å². The molecule has 0 saturated carbocycles. The summed E-state index contributed by atoms with van der Waals surface area (Å²) < 4.78 is 0. The Morgan fingerprint density at radius 1 is 0.333 bits per heavy atom. The molecule has 0 amide bonds. The van der Waals surface area contributed by atoms with Gasteiger partial charge in [0.1, 0.15) is 5.52 Å². The summed E-state index contributed by atoms with van der Waals surface area (Å²) in [7, 11) is 0. The Kier molecular flexibility index (Phi) is 6.92. The molecule has 6 nitrogen and oxygen atoms in total. The lowest BCUT2D eigenvalue weighted by Crippen LogP contribution is -2.61. The van der Waals surface area contributed by atoms with E-state index in [-0.39, 0.29) is 6.71 Å². The van der Waals surface area contributed by atoms with Crippen LogP contribution < -0.4 is 36.0 Å². The average Bonchev–Trinajstić information content (AvgIpc) is 3.28. The number of anilines is 12. The van der Waals surface area contributed by atoms with Crippen LogP contribution in [0.1, 0.15) is 0 Å². The van der Waals surface area contributed by atoms with Crippen molar-refractivity contribution in [1.82, 2.24) is 9.97 Å². The van der Waals surface area contributed by atoms with Crippen LogP contribution in [-0.2, 0) is 0 Å². The number of hydrogen-bond acceptors (Lipinski definition) is 6. The summed E-state index contributed by atoms with van der Waals surface area (Å²) in [4.78, 5) is 19.6. The van der Waals surface area contributed by atoms with Gasteiger partial charge < -0.3 is 19.6 Å². The number of rotatable bonds is 4. The fourth-order valence-electron chi connectivity index (χ4n) is 9.39. The fourth-order valence-corrected chi connectivity index (χ4v) is 9.39. The topological polar surface area (TPSA) is 38.7 Å². The smallest absolute Gasteiger partial charge is 0.252 e. The van der Waals surface area contributed by atoms with Crippen LogP contribution in [0, 0.1) is 0 Å². The van der Waals surface area contributed by atoms with E-state index < -0.39 is 0 Å². The Morgan fingerprint density at radius 3 is 1.44 bits per heavy atom. The minimum absolute atomic E-state index is 0.0284. The fraction of sp³-hybridized carbons (Fsp3) is 0. The molecule has 1 aromatic heterocycles. The molecule has 0 saturated heterocycles. The number of fused-ring (bicyclic) bond motifs is 8. The summed E-state index contributed by atoms with van der Waals surface area (Å²) >= 11 is 0. The molecule has 0 radical (unpaired) electrons. The van der Waals surface area contributed by atoms with Gasteiger partial charge in [-0.05, 0) is 95.3 Å². The second kappa shape index (κ2) is 12.4. The van der Waals surface area contributed by atoms with Crippen LogP contribution in [-0.4, -0.2) is 16.7 Å². The highest BCUT2D eigenvalue weighted by Gasteiger charge is 2.47. The van der Waals surface area contributed by atoms with Crippen molar-refractivity contribution in [2.75, 3.05) is 19.6 Å². The van der Waals surface area contributed by atoms with Crippen molar-refractivity contribution >= 4 is 102 Å². The number of hydrogen-bond donors (Lipinski definition) is 0. The average molecular weight is 729 g/mol. The van der Waals surface area contributed by atoms with E-state index in [1.54, 1.807) is 12.4 Å². The number of nitrogens with zero attached hydrogens (tertiary/aromatic N) is 6. The summed E-state index contributed by atoms with van der Waals surface area (Å²) in [5.74, 6) is 0. The lowest BCUT2D eigenvalue weighted by atomic mass is 9.33. The molecule has 0 bridgehead atoms. The van der Waals surface area contributed by atoms with Crippen molar-refractivity contribution < 1.29 is 0 Å². The van der Waals surface area contributed by atoms with Crippen LogP contribution in [0.25, 0.3) is 11.0 Å². The maximum Gasteiger partial charge on any atom is 0.252 e. The van der Waals surface area contributed by atoms with Crippen LogP contribution in [0.3, 0.4) is 0 Å². The molecule has 7 heteroatoms. The molecule has 3 aliphatic rings. The number of aromatic nitrogens is 2. The van der Waals surface area contributed by atoms with E-state index >= 15 is 0 Å². The van der Waals surface area contributed by atoms with E-state index in [4.69, 9.17) is 9.97 Å². The molecule has 0 aliphatic carbocycles. The van der Waals surface area contributed by atoms with Crippen LogP contribution in [0.5, 0.6) is 0 Å². The molecule has 0 atom stereocenters. The van der Waals surface area contributed by atoms with E-state index in [1.165, 1.54) is 22.1 Å². The molecule has 0 fully saturated rings. The lowest BCUT2D eigenvalue weighted by molar-refractivity contribution is 1.15. The standard InChI is InChI=1S/C50H33BN6/c1-4-17-34(18-5-1)54-40-26-12-10-23-37(40)51-38-24-11-13-27-41(38)55(35-19-6-2-7-20-35)50-47(51)45(54)33-46-49(50)56(36-21-8-3-9-22-36)42-28-14-15-29-43(42)57(46)44-30-16-25-39-48(44)53-32-31-52-39/h1-33H. The molecule has 4 heterocycles. The molecular weight excluding hydrogens is 695 g/mol. The summed E-state index contributed by atoms with van der Waals surface area (Å²) in [5.41, 5.74) is 18.6. The SMILES string of the molecule is c1ccc(N2c3ccccc3B3c4ccccc4N(c4ccccc4)c4c3c2cc2c4N(c3ccccc3)c3ccccc3N2c2cccc3nccnc23)cc1. The first kappa shape index (κ1) is 31.7. The first-order chi connectivity index (χ1) is 28.3. The van der Waals surface area contributed by atoms with Gasteiger partial charge in [0.05, 0.1) is 39.6 Å². The Balaban J connectivity index is 1.30. The lowest BCUT2D eigenvalue weighted by Gasteiger charge is -2.49. The largest absolute Gasteiger partial charge is 0.311 e. The number of para-hydroxylation sites is 8.